The van der Waals surface area contributed by atoms with Crippen LogP contribution >= 0.6 is 12.4 Å². The van der Waals surface area contributed by atoms with Gasteiger partial charge in [0.15, 0.2) is 0 Å². The first-order chi connectivity index (χ1) is 7.56. The number of anilines is 1. The molecular weight excluding hydrogens is 236 g/mol. The summed E-state index contributed by atoms with van der Waals surface area (Å²) in [5, 5.41) is 2.97. The molecule has 17 heavy (non-hydrogen) atoms. The van der Waals surface area contributed by atoms with Crippen LogP contribution in [0, 0.1) is 5.92 Å². The summed E-state index contributed by atoms with van der Waals surface area (Å²) >= 11 is 0. The lowest BCUT2D eigenvalue weighted by molar-refractivity contribution is 0.0929. The number of para-hydroxylation sites is 1. The van der Waals surface area contributed by atoms with Gasteiger partial charge < -0.3 is 11.1 Å². The van der Waals surface area contributed by atoms with Gasteiger partial charge in [0.2, 0.25) is 0 Å². The number of nitrogens with two attached hydrogens (primary N) is 1. The summed E-state index contributed by atoms with van der Waals surface area (Å²) in [4.78, 5) is 11.9. The largest absolute Gasteiger partial charge is 0.398 e. The fourth-order valence-electron chi connectivity index (χ4n) is 1.48. The average Bonchev–Trinajstić information content (AvgIpc) is 2.28. The number of halogens is 1. The quantitative estimate of drug-likeness (QED) is 0.814. The number of benzene rings is 1. The standard InChI is InChI=1S/C13H20N2O.ClH/c1-4-9(2)10(3)15-13(16)11-7-5-6-8-12(11)14;/h5-10H,4,14H2,1-3H3,(H,15,16);1H. The Hall–Kier alpha value is -1.22. The Balaban J connectivity index is 0.00000256. The Morgan fingerprint density at radius 3 is 2.47 bits per heavy atom. The first-order valence-electron chi connectivity index (χ1n) is 5.71. The van der Waals surface area contributed by atoms with Gasteiger partial charge in [0.1, 0.15) is 0 Å². The Bertz CT molecular complexity index is 368. The van der Waals surface area contributed by atoms with E-state index in [9.17, 15) is 4.79 Å². The lowest BCUT2D eigenvalue weighted by Crippen LogP contribution is -2.37. The molecule has 0 aliphatic rings. The molecule has 0 heterocycles. The molecule has 0 saturated carbocycles. The highest BCUT2D eigenvalue weighted by atomic mass is 35.5. The number of nitrogens with one attached hydrogen (secondary N) is 1. The van der Waals surface area contributed by atoms with Crippen molar-refractivity contribution in [2.75, 3.05) is 5.73 Å². The maximum Gasteiger partial charge on any atom is 0.253 e. The molecule has 0 radical (unpaired) electrons. The van der Waals surface area contributed by atoms with Crippen LogP contribution in [0.3, 0.4) is 0 Å². The van der Waals surface area contributed by atoms with Crippen molar-refractivity contribution >= 4 is 24.0 Å². The van der Waals surface area contributed by atoms with Crippen LogP contribution < -0.4 is 11.1 Å². The third-order valence-corrected chi connectivity index (χ3v) is 3.06. The van der Waals surface area contributed by atoms with Crippen molar-refractivity contribution in [1.29, 1.82) is 0 Å². The molecule has 0 aromatic heterocycles. The number of carbonyl (C=O) groups is 1. The molecule has 1 amide bonds. The molecule has 3 N–H and O–H groups in total. The fraction of sp³-hybridized carbons (Fsp3) is 0.462. The molecule has 0 aliphatic carbocycles. The van der Waals surface area contributed by atoms with Gasteiger partial charge in [-0.25, -0.2) is 0 Å². The minimum atomic E-state index is -0.0918. The van der Waals surface area contributed by atoms with Crippen molar-refractivity contribution in [1.82, 2.24) is 5.32 Å². The summed E-state index contributed by atoms with van der Waals surface area (Å²) in [6, 6.07) is 7.29. The Kier molecular flexibility index (Phi) is 6.66. The highest BCUT2D eigenvalue weighted by Gasteiger charge is 2.15. The Labute approximate surface area is 109 Å². The van der Waals surface area contributed by atoms with E-state index in [0.717, 1.165) is 6.42 Å². The van der Waals surface area contributed by atoms with Gasteiger partial charge in [-0.15, -0.1) is 12.4 Å². The number of hydrogen-bond donors (Lipinski definition) is 2. The molecule has 0 aliphatic heterocycles. The van der Waals surface area contributed by atoms with Crippen LogP contribution in [0.5, 0.6) is 0 Å². The molecule has 4 heteroatoms. The predicted molar refractivity (Wildman–Crippen MR) is 74.5 cm³/mol. The normalized spacial score (nSPS) is 13.4. The molecule has 1 aromatic carbocycles. The summed E-state index contributed by atoms with van der Waals surface area (Å²) in [6.07, 6.45) is 1.05. The van der Waals surface area contributed by atoms with Gasteiger partial charge in [-0.05, 0) is 25.0 Å². The minimum Gasteiger partial charge on any atom is -0.398 e. The topological polar surface area (TPSA) is 55.1 Å². The van der Waals surface area contributed by atoms with E-state index in [1.807, 2.05) is 19.1 Å². The van der Waals surface area contributed by atoms with Crippen molar-refractivity contribution in [3.05, 3.63) is 29.8 Å². The lowest BCUT2D eigenvalue weighted by Gasteiger charge is -2.20. The third-order valence-electron chi connectivity index (χ3n) is 3.06. The summed E-state index contributed by atoms with van der Waals surface area (Å²) in [5.74, 6) is 0.375. The number of rotatable bonds is 4. The third kappa shape index (κ3) is 4.27. The molecule has 1 aromatic rings. The summed E-state index contributed by atoms with van der Waals surface area (Å²) in [5.41, 5.74) is 6.82. The summed E-state index contributed by atoms with van der Waals surface area (Å²) in [6.45, 7) is 6.26. The van der Waals surface area contributed by atoms with Crippen LogP contribution in [0.4, 0.5) is 5.69 Å². The number of nitrogen functional groups attached to an aromatic ring is 1. The van der Waals surface area contributed by atoms with Crippen molar-refractivity contribution in [2.45, 2.75) is 33.2 Å². The molecule has 3 nitrogen and oxygen atoms in total. The van der Waals surface area contributed by atoms with Crippen LogP contribution in [0.15, 0.2) is 24.3 Å². The number of hydrogen-bond acceptors (Lipinski definition) is 2. The van der Waals surface area contributed by atoms with E-state index in [-0.39, 0.29) is 24.4 Å². The van der Waals surface area contributed by atoms with Gasteiger partial charge in [-0.1, -0.05) is 32.4 Å². The first kappa shape index (κ1) is 15.8. The smallest absolute Gasteiger partial charge is 0.253 e. The van der Waals surface area contributed by atoms with Crippen LogP contribution in [0.25, 0.3) is 0 Å². The molecule has 0 saturated heterocycles. The highest BCUT2D eigenvalue weighted by molar-refractivity contribution is 5.99. The SMILES string of the molecule is CCC(C)C(C)NC(=O)c1ccccc1N.Cl. The van der Waals surface area contributed by atoms with E-state index in [1.54, 1.807) is 12.1 Å². The zero-order valence-electron chi connectivity index (χ0n) is 10.6. The summed E-state index contributed by atoms with van der Waals surface area (Å²) in [7, 11) is 0. The van der Waals surface area contributed by atoms with Crippen LogP contribution in [0.2, 0.25) is 0 Å². The maximum atomic E-state index is 11.9. The molecule has 0 spiro atoms. The second kappa shape index (κ2) is 7.17. The minimum absolute atomic E-state index is 0. The predicted octanol–water partition coefficient (Wildman–Crippen LogP) is 2.86. The Morgan fingerprint density at radius 2 is 1.94 bits per heavy atom. The van der Waals surface area contributed by atoms with E-state index in [1.165, 1.54) is 0 Å². The van der Waals surface area contributed by atoms with Crippen molar-refractivity contribution in [2.24, 2.45) is 5.92 Å². The maximum absolute atomic E-state index is 11.9. The van der Waals surface area contributed by atoms with E-state index in [4.69, 9.17) is 5.73 Å². The van der Waals surface area contributed by atoms with Gasteiger partial charge in [0.25, 0.3) is 5.91 Å². The number of amides is 1. The molecule has 0 fully saturated rings. The monoisotopic (exact) mass is 256 g/mol. The molecule has 1 rings (SSSR count). The molecule has 96 valence electrons. The van der Waals surface area contributed by atoms with E-state index >= 15 is 0 Å². The van der Waals surface area contributed by atoms with Crippen molar-refractivity contribution in [3.63, 3.8) is 0 Å². The molecule has 2 atom stereocenters. The van der Waals surface area contributed by atoms with Gasteiger partial charge in [-0.3, -0.25) is 4.79 Å². The zero-order chi connectivity index (χ0) is 12.1. The average molecular weight is 257 g/mol. The van der Waals surface area contributed by atoms with Crippen LogP contribution in [0.1, 0.15) is 37.6 Å². The van der Waals surface area contributed by atoms with E-state index < -0.39 is 0 Å². The Morgan fingerprint density at radius 1 is 1.35 bits per heavy atom. The van der Waals surface area contributed by atoms with Crippen LogP contribution in [-0.2, 0) is 0 Å². The highest BCUT2D eigenvalue weighted by Crippen LogP contribution is 2.12. The first-order valence-corrected chi connectivity index (χ1v) is 5.71. The van der Waals surface area contributed by atoms with E-state index in [0.29, 0.717) is 17.2 Å². The zero-order valence-corrected chi connectivity index (χ0v) is 11.4. The molecule has 0 bridgehead atoms. The van der Waals surface area contributed by atoms with Crippen molar-refractivity contribution in [3.8, 4) is 0 Å². The van der Waals surface area contributed by atoms with Crippen LogP contribution in [-0.4, -0.2) is 11.9 Å². The van der Waals surface area contributed by atoms with Gasteiger partial charge >= 0.3 is 0 Å². The molecular formula is C13H21ClN2O. The molecule has 2 unspecified atom stereocenters. The lowest BCUT2D eigenvalue weighted by atomic mass is 10.0. The van der Waals surface area contributed by atoms with Gasteiger partial charge in [0.05, 0.1) is 5.56 Å². The van der Waals surface area contributed by atoms with Gasteiger partial charge in [0, 0.05) is 11.7 Å². The van der Waals surface area contributed by atoms with Crippen molar-refractivity contribution < 1.29 is 4.79 Å². The van der Waals surface area contributed by atoms with Gasteiger partial charge in [-0.2, -0.15) is 0 Å². The van der Waals surface area contributed by atoms with E-state index in [2.05, 4.69) is 19.2 Å². The fourth-order valence-corrected chi connectivity index (χ4v) is 1.48. The second-order valence-corrected chi connectivity index (χ2v) is 4.23. The number of carbonyl (C=O) groups excluding carboxylic acids is 1. The summed E-state index contributed by atoms with van der Waals surface area (Å²) < 4.78 is 0. The second-order valence-electron chi connectivity index (χ2n) is 4.23.